The van der Waals surface area contributed by atoms with Crippen LogP contribution in [0.4, 0.5) is 5.69 Å². The Labute approximate surface area is 124 Å². The van der Waals surface area contributed by atoms with E-state index in [1.807, 2.05) is 0 Å². The van der Waals surface area contributed by atoms with Gasteiger partial charge in [0, 0.05) is 30.9 Å². The van der Waals surface area contributed by atoms with Crippen LogP contribution in [0.25, 0.3) is 0 Å². The Morgan fingerprint density at radius 1 is 1.20 bits per heavy atom. The van der Waals surface area contributed by atoms with Crippen molar-refractivity contribution < 1.29 is 0 Å². The van der Waals surface area contributed by atoms with Crippen molar-refractivity contribution in [1.82, 2.24) is 5.32 Å². The van der Waals surface area contributed by atoms with Crippen LogP contribution in [-0.4, -0.2) is 25.2 Å². The predicted molar refractivity (Wildman–Crippen MR) is 88.6 cm³/mol. The summed E-state index contributed by atoms with van der Waals surface area (Å²) in [6, 6.07) is 8.18. The van der Waals surface area contributed by atoms with Gasteiger partial charge in [0.15, 0.2) is 0 Å². The first-order valence-electron chi connectivity index (χ1n) is 8.13. The highest BCUT2D eigenvalue weighted by Crippen LogP contribution is 2.26. The van der Waals surface area contributed by atoms with Crippen molar-refractivity contribution in [3.8, 4) is 0 Å². The van der Waals surface area contributed by atoms with Crippen LogP contribution in [0.5, 0.6) is 0 Å². The fourth-order valence-electron chi connectivity index (χ4n) is 3.29. The van der Waals surface area contributed by atoms with Crippen LogP contribution in [0.3, 0.4) is 0 Å². The van der Waals surface area contributed by atoms with Crippen LogP contribution in [-0.2, 0) is 0 Å². The predicted octanol–water partition coefficient (Wildman–Crippen LogP) is 3.91. The summed E-state index contributed by atoms with van der Waals surface area (Å²) in [5.74, 6) is 0.737. The van der Waals surface area contributed by atoms with E-state index in [1.54, 1.807) is 0 Å². The van der Waals surface area contributed by atoms with Gasteiger partial charge in [-0.25, -0.2) is 0 Å². The fraction of sp³-hybridized carbons (Fsp3) is 0.667. The number of anilines is 1. The van der Waals surface area contributed by atoms with Gasteiger partial charge < -0.3 is 10.2 Å². The number of nitrogens with one attached hydrogen (secondary N) is 1. The van der Waals surface area contributed by atoms with E-state index < -0.39 is 0 Å². The number of hydrogen-bond donors (Lipinski definition) is 1. The van der Waals surface area contributed by atoms with E-state index in [1.165, 1.54) is 29.7 Å². The molecule has 1 aromatic carbocycles. The maximum absolute atomic E-state index is 3.76. The molecule has 0 saturated carbocycles. The Bertz CT molecular complexity index is 421. The third kappa shape index (κ3) is 3.35. The molecule has 0 aliphatic carbocycles. The molecule has 1 saturated heterocycles. The molecule has 0 bridgehead atoms. The van der Waals surface area contributed by atoms with Gasteiger partial charge in [-0.3, -0.25) is 0 Å². The van der Waals surface area contributed by atoms with Gasteiger partial charge in [0.1, 0.15) is 0 Å². The number of aryl methyl sites for hydroxylation is 2. The molecule has 1 heterocycles. The number of piperazine rings is 1. The lowest BCUT2D eigenvalue weighted by atomic mass is 9.94. The second-order valence-corrected chi connectivity index (χ2v) is 6.46. The highest BCUT2D eigenvalue weighted by atomic mass is 15.2. The molecule has 3 unspecified atom stereocenters. The van der Waals surface area contributed by atoms with Crippen LogP contribution in [0.1, 0.15) is 44.7 Å². The standard InChI is InChI=1S/C18H30N2/c1-6-15(5)18-12-20(16(7-2)11-19-18)17-9-13(3)8-14(4)10-17/h8-10,15-16,18-19H,6-7,11-12H2,1-5H3. The average molecular weight is 274 g/mol. The third-order valence-electron chi connectivity index (χ3n) is 4.79. The van der Waals surface area contributed by atoms with E-state index in [-0.39, 0.29) is 0 Å². The largest absolute Gasteiger partial charge is 0.366 e. The molecule has 0 amide bonds. The normalized spacial score (nSPS) is 24.8. The maximum atomic E-state index is 3.76. The molecule has 2 nitrogen and oxygen atoms in total. The van der Waals surface area contributed by atoms with Gasteiger partial charge in [-0.2, -0.15) is 0 Å². The second kappa shape index (κ2) is 6.62. The summed E-state index contributed by atoms with van der Waals surface area (Å²) in [5, 5.41) is 3.76. The number of rotatable bonds is 4. The van der Waals surface area contributed by atoms with Crippen LogP contribution in [0.2, 0.25) is 0 Å². The zero-order valence-electron chi connectivity index (χ0n) is 13.7. The summed E-state index contributed by atoms with van der Waals surface area (Å²) in [6.07, 6.45) is 2.45. The van der Waals surface area contributed by atoms with Crippen molar-refractivity contribution in [1.29, 1.82) is 0 Å². The topological polar surface area (TPSA) is 15.3 Å². The minimum Gasteiger partial charge on any atom is -0.366 e. The summed E-state index contributed by atoms with van der Waals surface area (Å²) >= 11 is 0. The summed E-state index contributed by atoms with van der Waals surface area (Å²) in [6.45, 7) is 13.6. The van der Waals surface area contributed by atoms with Crippen LogP contribution >= 0.6 is 0 Å². The van der Waals surface area contributed by atoms with Crippen LogP contribution in [0, 0.1) is 19.8 Å². The Hall–Kier alpha value is -1.02. The lowest BCUT2D eigenvalue weighted by Gasteiger charge is -2.43. The van der Waals surface area contributed by atoms with Crippen molar-refractivity contribution in [3.63, 3.8) is 0 Å². The van der Waals surface area contributed by atoms with Crippen LogP contribution in [0.15, 0.2) is 18.2 Å². The second-order valence-electron chi connectivity index (χ2n) is 6.46. The first-order valence-corrected chi connectivity index (χ1v) is 8.13. The SMILES string of the molecule is CCC(C)C1CN(c2cc(C)cc(C)c2)C(CC)CN1. The molecule has 3 atom stereocenters. The maximum Gasteiger partial charge on any atom is 0.0412 e. The van der Waals surface area contributed by atoms with E-state index in [4.69, 9.17) is 0 Å². The van der Waals surface area contributed by atoms with Crippen LogP contribution < -0.4 is 10.2 Å². The lowest BCUT2D eigenvalue weighted by Crippen LogP contribution is -2.58. The highest BCUT2D eigenvalue weighted by molar-refractivity contribution is 5.52. The van der Waals surface area contributed by atoms with Gasteiger partial charge in [0.25, 0.3) is 0 Å². The smallest absolute Gasteiger partial charge is 0.0412 e. The Morgan fingerprint density at radius 3 is 2.40 bits per heavy atom. The molecule has 112 valence electrons. The molecule has 1 N–H and O–H groups in total. The van der Waals surface area contributed by atoms with E-state index >= 15 is 0 Å². The first-order chi connectivity index (χ1) is 9.55. The van der Waals surface area contributed by atoms with Gasteiger partial charge in [0.05, 0.1) is 0 Å². The molecule has 2 heteroatoms. The minimum atomic E-state index is 0.614. The van der Waals surface area contributed by atoms with Crippen molar-refractivity contribution in [2.24, 2.45) is 5.92 Å². The molecule has 2 rings (SSSR count). The quantitative estimate of drug-likeness (QED) is 0.895. The first kappa shape index (κ1) is 15.4. The van der Waals surface area contributed by atoms with Gasteiger partial charge in [-0.15, -0.1) is 0 Å². The Balaban J connectivity index is 2.24. The minimum absolute atomic E-state index is 0.614. The monoisotopic (exact) mass is 274 g/mol. The molecular weight excluding hydrogens is 244 g/mol. The molecule has 0 radical (unpaired) electrons. The van der Waals surface area contributed by atoms with Crippen molar-refractivity contribution in [2.75, 3.05) is 18.0 Å². The zero-order chi connectivity index (χ0) is 14.7. The van der Waals surface area contributed by atoms with Gasteiger partial charge in [-0.05, 0) is 49.4 Å². The molecular formula is C18H30N2. The van der Waals surface area contributed by atoms with E-state index in [2.05, 4.69) is 63.0 Å². The summed E-state index contributed by atoms with van der Waals surface area (Å²) in [5.41, 5.74) is 4.14. The molecule has 1 fully saturated rings. The lowest BCUT2D eigenvalue weighted by molar-refractivity contribution is 0.306. The Kier molecular flexibility index (Phi) is 5.09. The summed E-state index contributed by atoms with van der Waals surface area (Å²) < 4.78 is 0. The molecule has 20 heavy (non-hydrogen) atoms. The highest BCUT2D eigenvalue weighted by Gasteiger charge is 2.29. The average Bonchev–Trinajstić information content (AvgIpc) is 2.44. The fourth-order valence-corrected chi connectivity index (χ4v) is 3.29. The Morgan fingerprint density at radius 2 is 1.85 bits per heavy atom. The van der Waals surface area contributed by atoms with Crippen molar-refractivity contribution >= 4 is 5.69 Å². The molecule has 0 aromatic heterocycles. The third-order valence-corrected chi connectivity index (χ3v) is 4.79. The summed E-state index contributed by atoms with van der Waals surface area (Å²) in [4.78, 5) is 2.63. The van der Waals surface area contributed by atoms with Gasteiger partial charge >= 0.3 is 0 Å². The molecule has 1 aromatic rings. The zero-order valence-corrected chi connectivity index (χ0v) is 13.7. The molecule has 1 aliphatic rings. The van der Waals surface area contributed by atoms with Gasteiger partial charge in [-0.1, -0.05) is 33.3 Å². The van der Waals surface area contributed by atoms with E-state index in [0.717, 1.165) is 19.0 Å². The van der Waals surface area contributed by atoms with Gasteiger partial charge in [0.2, 0.25) is 0 Å². The molecule has 1 aliphatic heterocycles. The van der Waals surface area contributed by atoms with Crippen molar-refractivity contribution in [3.05, 3.63) is 29.3 Å². The number of benzene rings is 1. The van der Waals surface area contributed by atoms with Crippen molar-refractivity contribution in [2.45, 2.75) is 59.5 Å². The summed E-state index contributed by atoms with van der Waals surface area (Å²) in [7, 11) is 0. The van der Waals surface area contributed by atoms with E-state index in [9.17, 15) is 0 Å². The number of hydrogen-bond acceptors (Lipinski definition) is 2. The van der Waals surface area contributed by atoms with E-state index in [0.29, 0.717) is 12.1 Å². The molecule has 0 spiro atoms. The number of nitrogens with zero attached hydrogens (tertiary/aromatic N) is 1.